The summed E-state index contributed by atoms with van der Waals surface area (Å²) in [5, 5.41) is 6.22. The second-order valence-corrected chi connectivity index (χ2v) is 6.17. The third kappa shape index (κ3) is 13.9. The van der Waals surface area contributed by atoms with Gasteiger partial charge in [0.2, 0.25) is 0 Å². The van der Waals surface area contributed by atoms with Crippen LogP contribution >= 0.6 is 0 Å². The molecule has 0 saturated carbocycles. The van der Waals surface area contributed by atoms with Gasteiger partial charge < -0.3 is 25.8 Å². The van der Waals surface area contributed by atoms with Crippen LogP contribution in [-0.2, 0) is 9.47 Å². The largest absolute Gasteiger partial charge is 0.444 e. The lowest BCUT2D eigenvalue weighted by atomic mass is 10.1. The molecular formula is C15H33N3O3. The SMILES string of the molecule is COCC(CCCNC(=O)OC(C)(C)C)NCCCCN. The number of carbonyl (C=O) groups is 1. The first-order valence-electron chi connectivity index (χ1n) is 7.78. The first-order valence-corrected chi connectivity index (χ1v) is 7.78. The summed E-state index contributed by atoms with van der Waals surface area (Å²) in [5.41, 5.74) is 5.02. The number of methoxy groups -OCH3 is 1. The van der Waals surface area contributed by atoms with E-state index in [0.29, 0.717) is 19.2 Å². The Morgan fingerprint density at radius 3 is 2.48 bits per heavy atom. The second-order valence-electron chi connectivity index (χ2n) is 6.17. The number of alkyl carbamates (subject to hydrolysis) is 1. The van der Waals surface area contributed by atoms with Gasteiger partial charge >= 0.3 is 6.09 Å². The van der Waals surface area contributed by atoms with E-state index in [1.807, 2.05) is 20.8 Å². The van der Waals surface area contributed by atoms with Crippen molar-refractivity contribution < 1.29 is 14.3 Å². The maximum Gasteiger partial charge on any atom is 0.407 e. The van der Waals surface area contributed by atoms with Crippen molar-refractivity contribution in [3.8, 4) is 0 Å². The summed E-state index contributed by atoms with van der Waals surface area (Å²) >= 11 is 0. The minimum atomic E-state index is -0.451. The van der Waals surface area contributed by atoms with E-state index < -0.39 is 5.60 Å². The highest BCUT2D eigenvalue weighted by Crippen LogP contribution is 2.06. The van der Waals surface area contributed by atoms with Crippen LogP contribution in [0.3, 0.4) is 0 Å². The highest BCUT2D eigenvalue weighted by atomic mass is 16.6. The van der Waals surface area contributed by atoms with Gasteiger partial charge in [-0.15, -0.1) is 0 Å². The maximum absolute atomic E-state index is 11.5. The summed E-state index contributed by atoms with van der Waals surface area (Å²) in [6, 6.07) is 0.313. The molecule has 0 radical (unpaired) electrons. The Morgan fingerprint density at radius 2 is 1.90 bits per heavy atom. The lowest BCUT2D eigenvalue weighted by Crippen LogP contribution is -2.36. The van der Waals surface area contributed by atoms with E-state index >= 15 is 0 Å². The van der Waals surface area contributed by atoms with Crippen LogP contribution in [0.5, 0.6) is 0 Å². The smallest absolute Gasteiger partial charge is 0.407 e. The van der Waals surface area contributed by atoms with Crippen molar-refractivity contribution in [2.45, 2.75) is 58.1 Å². The van der Waals surface area contributed by atoms with Gasteiger partial charge in [0.15, 0.2) is 0 Å². The molecule has 0 heterocycles. The molecule has 0 aromatic carbocycles. The monoisotopic (exact) mass is 303 g/mol. The van der Waals surface area contributed by atoms with Gasteiger partial charge in [-0.05, 0) is 59.5 Å². The normalized spacial score (nSPS) is 13.0. The lowest BCUT2D eigenvalue weighted by molar-refractivity contribution is 0.0526. The molecule has 0 spiro atoms. The van der Waals surface area contributed by atoms with Crippen molar-refractivity contribution >= 4 is 6.09 Å². The molecule has 1 atom stereocenters. The second kappa shape index (κ2) is 11.8. The predicted octanol–water partition coefficient (Wildman–Crippen LogP) is 1.63. The first-order chi connectivity index (χ1) is 9.89. The minimum absolute atomic E-state index is 0.313. The number of amides is 1. The van der Waals surface area contributed by atoms with Crippen molar-refractivity contribution in [3.05, 3.63) is 0 Å². The molecule has 0 aliphatic rings. The van der Waals surface area contributed by atoms with E-state index in [-0.39, 0.29) is 6.09 Å². The van der Waals surface area contributed by atoms with Crippen LogP contribution in [0.4, 0.5) is 4.79 Å². The number of nitrogens with one attached hydrogen (secondary N) is 2. The Labute approximate surface area is 129 Å². The van der Waals surface area contributed by atoms with Crippen LogP contribution in [-0.4, -0.2) is 51.1 Å². The molecule has 0 aliphatic carbocycles. The zero-order valence-electron chi connectivity index (χ0n) is 14.0. The molecule has 1 amide bonds. The average molecular weight is 303 g/mol. The number of hydrogen-bond donors (Lipinski definition) is 3. The summed E-state index contributed by atoms with van der Waals surface area (Å²) in [6.45, 7) is 8.53. The van der Waals surface area contributed by atoms with Crippen LogP contribution < -0.4 is 16.4 Å². The fourth-order valence-corrected chi connectivity index (χ4v) is 1.87. The molecule has 0 rings (SSSR count). The van der Waals surface area contributed by atoms with Crippen LogP contribution in [0.15, 0.2) is 0 Å². The summed E-state index contributed by atoms with van der Waals surface area (Å²) in [7, 11) is 1.70. The number of rotatable bonds is 11. The third-order valence-electron chi connectivity index (χ3n) is 2.83. The highest BCUT2D eigenvalue weighted by Gasteiger charge is 2.15. The molecule has 21 heavy (non-hydrogen) atoms. The molecular weight excluding hydrogens is 270 g/mol. The zero-order chi connectivity index (χ0) is 16.1. The van der Waals surface area contributed by atoms with Crippen molar-refractivity contribution in [2.75, 3.05) is 33.4 Å². The molecule has 1 unspecified atom stereocenters. The number of carbonyl (C=O) groups excluding carboxylic acids is 1. The summed E-state index contributed by atoms with van der Waals surface area (Å²) in [4.78, 5) is 11.5. The van der Waals surface area contributed by atoms with Crippen molar-refractivity contribution in [3.63, 3.8) is 0 Å². The first kappa shape index (κ1) is 20.1. The minimum Gasteiger partial charge on any atom is -0.444 e. The van der Waals surface area contributed by atoms with E-state index in [9.17, 15) is 4.79 Å². The number of unbranched alkanes of at least 4 members (excludes halogenated alkanes) is 1. The molecule has 126 valence electrons. The summed E-state index contributed by atoms with van der Waals surface area (Å²) in [6.07, 6.45) is 3.59. The Kier molecular flexibility index (Phi) is 11.3. The van der Waals surface area contributed by atoms with Gasteiger partial charge in [-0.3, -0.25) is 0 Å². The van der Waals surface area contributed by atoms with Gasteiger partial charge in [-0.1, -0.05) is 0 Å². The molecule has 0 aliphatic heterocycles. The molecule has 0 bridgehead atoms. The van der Waals surface area contributed by atoms with Crippen LogP contribution in [0.25, 0.3) is 0 Å². The van der Waals surface area contributed by atoms with E-state index in [2.05, 4.69) is 10.6 Å². The van der Waals surface area contributed by atoms with Crippen LogP contribution in [0.1, 0.15) is 46.5 Å². The van der Waals surface area contributed by atoms with Gasteiger partial charge in [0.25, 0.3) is 0 Å². The number of ether oxygens (including phenoxy) is 2. The third-order valence-corrected chi connectivity index (χ3v) is 2.83. The summed E-state index contributed by atoms with van der Waals surface area (Å²) in [5.74, 6) is 0. The summed E-state index contributed by atoms with van der Waals surface area (Å²) < 4.78 is 10.4. The van der Waals surface area contributed by atoms with E-state index in [0.717, 1.165) is 38.8 Å². The molecule has 4 N–H and O–H groups in total. The Bertz CT molecular complexity index is 267. The van der Waals surface area contributed by atoms with Crippen molar-refractivity contribution in [1.82, 2.24) is 10.6 Å². The maximum atomic E-state index is 11.5. The van der Waals surface area contributed by atoms with Crippen LogP contribution in [0, 0.1) is 0 Å². The predicted molar refractivity (Wildman–Crippen MR) is 85.4 cm³/mol. The highest BCUT2D eigenvalue weighted by molar-refractivity contribution is 5.67. The van der Waals surface area contributed by atoms with E-state index in [1.54, 1.807) is 7.11 Å². The van der Waals surface area contributed by atoms with E-state index in [1.165, 1.54) is 0 Å². The molecule has 0 fully saturated rings. The van der Waals surface area contributed by atoms with Gasteiger partial charge in [-0.2, -0.15) is 0 Å². The van der Waals surface area contributed by atoms with Gasteiger partial charge in [0.1, 0.15) is 5.60 Å². The quantitative estimate of drug-likeness (QED) is 0.505. The van der Waals surface area contributed by atoms with Crippen LogP contribution in [0.2, 0.25) is 0 Å². The van der Waals surface area contributed by atoms with Crippen molar-refractivity contribution in [2.24, 2.45) is 5.73 Å². The molecule has 6 heteroatoms. The molecule has 0 saturated heterocycles. The Balaban J connectivity index is 3.75. The molecule has 0 aromatic rings. The number of hydrogen-bond acceptors (Lipinski definition) is 5. The topological polar surface area (TPSA) is 85.6 Å². The Hall–Kier alpha value is -0.850. The van der Waals surface area contributed by atoms with Crippen molar-refractivity contribution in [1.29, 1.82) is 0 Å². The molecule has 0 aromatic heterocycles. The lowest BCUT2D eigenvalue weighted by Gasteiger charge is -2.20. The Morgan fingerprint density at radius 1 is 1.19 bits per heavy atom. The standard InChI is InChI=1S/C15H33N3O3/c1-15(2,3)21-14(19)18-11-7-8-13(12-20-4)17-10-6-5-9-16/h13,17H,5-12,16H2,1-4H3,(H,18,19). The number of nitrogens with two attached hydrogens (primary N) is 1. The fraction of sp³-hybridized carbons (Fsp3) is 0.933. The van der Waals surface area contributed by atoms with E-state index in [4.69, 9.17) is 15.2 Å². The fourth-order valence-electron chi connectivity index (χ4n) is 1.87. The van der Waals surface area contributed by atoms with Gasteiger partial charge in [-0.25, -0.2) is 4.79 Å². The van der Waals surface area contributed by atoms with Gasteiger partial charge in [0, 0.05) is 19.7 Å². The average Bonchev–Trinajstić information content (AvgIpc) is 2.37. The van der Waals surface area contributed by atoms with Gasteiger partial charge in [0.05, 0.1) is 6.61 Å². The molecule has 6 nitrogen and oxygen atoms in total. The zero-order valence-corrected chi connectivity index (χ0v) is 14.0.